The molecule has 1 aromatic carbocycles. The zero-order valence-electron chi connectivity index (χ0n) is 14.6. The summed E-state index contributed by atoms with van der Waals surface area (Å²) in [6.45, 7) is 2.99. The molecule has 3 heterocycles. The van der Waals surface area contributed by atoms with Crippen molar-refractivity contribution in [2.75, 3.05) is 36.5 Å². The van der Waals surface area contributed by atoms with Gasteiger partial charge in [0, 0.05) is 31.2 Å². The van der Waals surface area contributed by atoms with E-state index in [9.17, 15) is 13.2 Å². The molecular weight excluding hydrogens is 391 g/mol. The van der Waals surface area contributed by atoms with E-state index in [0.29, 0.717) is 18.9 Å². The summed E-state index contributed by atoms with van der Waals surface area (Å²) in [5, 5.41) is 3.76. The Morgan fingerprint density at radius 1 is 1.11 bits per heavy atom. The molecule has 4 rings (SSSR count). The second-order valence-electron chi connectivity index (χ2n) is 6.08. The van der Waals surface area contributed by atoms with Crippen LogP contribution in [0.25, 0.3) is 10.4 Å². The predicted octanol–water partition coefficient (Wildman–Crippen LogP) is 4.20. The topological polar surface area (TPSA) is 63.2 Å². The molecule has 146 valence electrons. The van der Waals surface area contributed by atoms with Crippen molar-refractivity contribution < 1.29 is 17.9 Å². The number of ether oxygens (including phenoxy) is 1. The second kappa shape index (κ2) is 7.72. The zero-order valence-corrected chi connectivity index (χ0v) is 15.4. The number of benzene rings is 1. The van der Waals surface area contributed by atoms with Gasteiger partial charge in [-0.05, 0) is 23.8 Å². The second-order valence-corrected chi connectivity index (χ2v) is 7.08. The fraction of sp³-hybridized carbons (Fsp3) is 0.278. The molecule has 2 aromatic heterocycles. The summed E-state index contributed by atoms with van der Waals surface area (Å²) in [4.78, 5) is 15.0. The van der Waals surface area contributed by atoms with Crippen molar-refractivity contribution in [2.45, 2.75) is 6.18 Å². The van der Waals surface area contributed by atoms with Crippen LogP contribution in [0.4, 0.5) is 29.9 Å². The number of rotatable bonds is 4. The standard InChI is InChI=1S/C18H16F3N5OS/c19-18(20,21)15-4-5-22-16(25-15)24-13-3-1-2-12(10-13)14-11-23-17(28-14)26-6-8-27-9-7-26/h1-5,10-11H,6-9H2,(H,22,24,25). The van der Waals surface area contributed by atoms with Crippen LogP contribution in [0.1, 0.15) is 5.69 Å². The number of aromatic nitrogens is 3. The lowest BCUT2D eigenvalue weighted by Crippen LogP contribution is -2.36. The summed E-state index contributed by atoms with van der Waals surface area (Å²) in [6.07, 6.45) is -1.63. The zero-order chi connectivity index (χ0) is 19.6. The Morgan fingerprint density at radius 2 is 1.93 bits per heavy atom. The van der Waals surface area contributed by atoms with Crippen LogP contribution < -0.4 is 10.2 Å². The molecule has 0 saturated carbocycles. The van der Waals surface area contributed by atoms with E-state index in [0.717, 1.165) is 40.9 Å². The van der Waals surface area contributed by atoms with Crippen LogP contribution in [0, 0.1) is 0 Å². The van der Waals surface area contributed by atoms with E-state index in [2.05, 4.69) is 25.2 Å². The van der Waals surface area contributed by atoms with Gasteiger partial charge in [-0.15, -0.1) is 0 Å². The van der Waals surface area contributed by atoms with Crippen LogP contribution >= 0.6 is 11.3 Å². The number of anilines is 3. The monoisotopic (exact) mass is 407 g/mol. The quantitative estimate of drug-likeness (QED) is 0.700. The van der Waals surface area contributed by atoms with Crippen molar-refractivity contribution in [1.82, 2.24) is 15.0 Å². The van der Waals surface area contributed by atoms with Crippen molar-refractivity contribution in [3.63, 3.8) is 0 Å². The van der Waals surface area contributed by atoms with E-state index in [1.54, 1.807) is 23.6 Å². The number of nitrogens with zero attached hydrogens (tertiary/aromatic N) is 4. The van der Waals surface area contributed by atoms with E-state index in [1.165, 1.54) is 0 Å². The predicted molar refractivity (Wildman–Crippen MR) is 101 cm³/mol. The van der Waals surface area contributed by atoms with Gasteiger partial charge in [-0.1, -0.05) is 23.5 Å². The molecule has 0 aliphatic carbocycles. The highest BCUT2D eigenvalue weighted by atomic mass is 32.1. The van der Waals surface area contributed by atoms with E-state index in [-0.39, 0.29) is 5.95 Å². The van der Waals surface area contributed by atoms with Crippen molar-refractivity contribution in [3.05, 3.63) is 48.4 Å². The molecule has 0 radical (unpaired) electrons. The average molecular weight is 407 g/mol. The van der Waals surface area contributed by atoms with E-state index < -0.39 is 11.9 Å². The summed E-state index contributed by atoms with van der Waals surface area (Å²) in [7, 11) is 0. The van der Waals surface area contributed by atoms with Crippen LogP contribution in [0.15, 0.2) is 42.7 Å². The largest absolute Gasteiger partial charge is 0.433 e. The molecule has 10 heteroatoms. The maximum absolute atomic E-state index is 12.8. The van der Waals surface area contributed by atoms with E-state index in [1.807, 2.05) is 18.2 Å². The highest BCUT2D eigenvalue weighted by Gasteiger charge is 2.32. The van der Waals surface area contributed by atoms with E-state index in [4.69, 9.17) is 4.74 Å². The molecular formula is C18H16F3N5OS. The van der Waals surface area contributed by atoms with Gasteiger partial charge in [-0.2, -0.15) is 13.2 Å². The van der Waals surface area contributed by atoms with Gasteiger partial charge in [0.15, 0.2) is 5.13 Å². The van der Waals surface area contributed by atoms with Gasteiger partial charge in [0.2, 0.25) is 5.95 Å². The minimum absolute atomic E-state index is 0.106. The molecule has 0 atom stereocenters. The Bertz CT molecular complexity index is 956. The Morgan fingerprint density at radius 3 is 2.71 bits per heavy atom. The summed E-state index contributed by atoms with van der Waals surface area (Å²) in [5.41, 5.74) is 0.519. The maximum Gasteiger partial charge on any atom is 0.433 e. The minimum Gasteiger partial charge on any atom is -0.378 e. The maximum atomic E-state index is 12.8. The van der Waals surface area contributed by atoms with Gasteiger partial charge in [0.25, 0.3) is 0 Å². The Hall–Kier alpha value is -2.72. The average Bonchev–Trinajstić information content (AvgIpc) is 3.19. The molecule has 3 aromatic rings. The minimum atomic E-state index is -4.51. The number of alkyl halides is 3. The molecule has 0 spiro atoms. The summed E-state index contributed by atoms with van der Waals surface area (Å²) in [5.74, 6) is -0.106. The lowest BCUT2D eigenvalue weighted by atomic mass is 10.2. The smallest absolute Gasteiger partial charge is 0.378 e. The van der Waals surface area contributed by atoms with E-state index >= 15 is 0 Å². The van der Waals surface area contributed by atoms with Crippen molar-refractivity contribution in [3.8, 4) is 10.4 Å². The van der Waals surface area contributed by atoms with Crippen molar-refractivity contribution in [1.29, 1.82) is 0 Å². The van der Waals surface area contributed by atoms with Crippen LogP contribution in [0.5, 0.6) is 0 Å². The fourth-order valence-electron chi connectivity index (χ4n) is 2.76. The first kappa shape index (κ1) is 18.6. The van der Waals surface area contributed by atoms with Gasteiger partial charge < -0.3 is 15.0 Å². The number of halogens is 3. The van der Waals surface area contributed by atoms with Gasteiger partial charge in [-0.3, -0.25) is 0 Å². The SMILES string of the molecule is FC(F)(F)c1ccnc(Nc2cccc(-c3cnc(N4CCOCC4)s3)c2)n1. The van der Waals surface area contributed by atoms with Crippen molar-refractivity contribution in [2.24, 2.45) is 0 Å². The lowest BCUT2D eigenvalue weighted by Gasteiger charge is -2.25. The highest BCUT2D eigenvalue weighted by Crippen LogP contribution is 2.33. The Labute approximate surface area is 163 Å². The Kier molecular flexibility index (Phi) is 5.14. The van der Waals surface area contributed by atoms with Gasteiger partial charge >= 0.3 is 6.18 Å². The van der Waals surface area contributed by atoms with Crippen LogP contribution in [-0.4, -0.2) is 41.3 Å². The van der Waals surface area contributed by atoms with Gasteiger partial charge in [0.05, 0.1) is 18.1 Å². The first-order chi connectivity index (χ1) is 13.5. The summed E-state index contributed by atoms with van der Waals surface area (Å²) >= 11 is 1.56. The molecule has 1 fully saturated rings. The lowest BCUT2D eigenvalue weighted by molar-refractivity contribution is -0.141. The molecule has 1 aliphatic rings. The van der Waals surface area contributed by atoms with Crippen molar-refractivity contribution >= 4 is 28.1 Å². The van der Waals surface area contributed by atoms with Gasteiger partial charge in [-0.25, -0.2) is 15.0 Å². The molecule has 1 aliphatic heterocycles. The molecule has 0 amide bonds. The van der Waals surface area contributed by atoms with Gasteiger partial charge in [0.1, 0.15) is 5.69 Å². The third kappa shape index (κ3) is 4.23. The number of nitrogens with one attached hydrogen (secondary N) is 1. The number of hydrogen-bond acceptors (Lipinski definition) is 7. The summed E-state index contributed by atoms with van der Waals surface area (Å²) < 4.78 is 43.8. The number of hydrogen-bond donors (Lipinski definition) is 1. The van der Waals surface area contributed by atoms with Crippen LogP contribution in [0.2, 0.25) is 0 Å². The van der Waals surface area contributed by atoms with Crippen LogP contribution in [0.3, 0.4) is 0 Å². The third-order valence-electron chi connectivity index (χ3n) is 4.12. The van der Waals surface area contributed by atoms with Crippen LogP contribution in [-0.2, 0) is 10.9 Å². The third-order valence-corrected chi connectivity index (χ3v) is 5.23. The molecule has 0 unspecified atom stereocenters. The molecule has 1 saturated heterocycles. The molecule has 6 nitrogen and oxygen atoms in total. The normalized spacial score (nSPS) is 14.9. The molecule has 0 bridgehead atoms. The number of morpholine rings is 1. The number of thiazole rings is 1. The first-order valence-corrected chi connectivity index (χ1v) is 9.37. The fourth-order valence-corrected chi connectivity index (χ4v) is 3.72. The molecule has 1 N–H and O–H groups in total. The first-order valence-electron chi connectivity index (χ1n) is 8.55. The Balaban J connectivity index is 1.53. The summed E-state index contributed by atoms with van der Waals surface area (Å²) in [6, 6.07) is 8.16. The highest BCUT2D eigenvalue weighted by molar-refractivity contribution is 7.18. The molecule has 28 heavy (non-hydrogen) atoms.